The number of unbranched alkanes of at least 4 members (excludes halogenated alkanes) is 4. The van der Waals surface area contributed by atoms with E-state index < -0.39 is 72.3 Å². The largest absolute Gasteiger partial charge is 0.481 e. The molecule has 6 unspecified atom stereocenters. The number of carbonyl (C=O) groups is 6. The van der Waals surface area contributed by atoms with Gasteiger partial charge < -0.3 is 36.6 Å². The van der Waals surface area contributed by atoms with Crippen LogP contribution in [0.25, 0.3) is 0 Å². The molecule has 13 heteroatoms. The highest BCUT2D eigenvalue weighted by molar-refractivity contribution is 5.95. The number of hydrogen-bond acceptors (Lipinski definition) is 7. The van der Waals surface area contributed by atoms with E-state index in [9.17, 15) is 44.1 Å². The van der Waals surface area contributed by atoms with Gasteiger partial charge in [0.25, 0.3) is 0 Å². The van der Waals surface area contributed by atoms with Crippen molar-refractivity contribution in [1.82, 2.24) is 21.3 Å². The number of rotatable bonds is 28. The molecule has 0 radical (unpaired) electrons. The van der Waals surface area contributed by atoms with Crippen LogP contribution >= 0.6 is 0 Å². The van der Waals surface area contributed by atoms with E-state index in [0.717, 1.165) is 31.6 Å². The Balaban J connectivity index is 5.55. The number of aliphatic hydroxyl groups excluding tert-OH is 1. The fraction of sp³-hybridized carbons (Fsp3) is 0.838. The molecule has 0 rings (SSSR count). The summed E-state index contributed by atoms with van der Waals surface area (Å²) in [5.74, 6) is -4.51. The lowest BCUT2D eigenvalue weighted by Gasteiger charge is -2.27. The van der Waals surface area contributed by atoms with E-state index >= 15 is 0 Å². The number of carbonyl (C=O) groups excluding carboxylic acids is 4. The summed E-state index contributed by atoms with van der Waals surface area (Å²) in [4.78, 5) is 76.2. The van der Waals surface area contributed by atoms with E-state index in [1.54, 1.807) is 0 Å². The Morgan fingerprint density at radius 3 is 1.44 bits per heavy atom. The van der Waals surface area contributed by atoms with Gasteiger partial charge in [0.1, 0.15) is 24.2 Å². The Kier molecular flexibility index (Phi) is 24.0. The number of aliphatic hydroxyl groups is 1. The van der Waals surface area contributed by atoms with Gasteiger partial charge in [-0.15, -0.1) is 0 Å². The van der Waals surface area contributed by atoms with Crippen LogP contribution in [0.3, 0.4) is 0 Å². The summed E-state index contributed by atoms with van der Waals surface area (Å²) in [6.07, 6.45) is 6.82. The van der Waals surface area contributed by atoms with E-state index in [0.29, 0.717) is 6.42 Å². The van der Waals surface area contributed by atoms with Crippen molar-refractivity contribution in [3.05, 3.63) is 0 Å². The normalized spacial score (nSPS) is 15.1. The van der Waals surface area contributed by atoms with Gasteiger partial charge in [0, 0.05) is 6.42 Å². The fourth-order valence-electron chi connectivity index (χ4n) is 5.63. The third-order valence-electron chi connectivity index (χ3n) is 8.65. The molecule has 13 nitrogen and oxygen atoms in total. The van der Waals surface area contributed by atoms with E-state index in [2.05, 4.69) is 35.1 Å². The minimum Gasteiger partial charge on any atom is -0.481 e. The van der Waals surface area contributed by atoms with Crippen LogP contribution in [0, 0.1) is 23.7 Å². The predicted octanol–water partition coefficient (Wildman–Crippen LogP) is 4.54. The van der Waals surface area contributed by atoms with Gasteiger partial charge in [-0.2, -0.15) is 0 Å². The molecular weight excluding hydrogens is 644 g/mol. The zero-order valence-corrected chi connectivity index (χ0v) is 31.9. The third-order valence-corrected chi connectivity index (χ3v) is 8.65. The number of hydrogen-bond donors (Lipinski definition) is 7. The highest BCUT2D eigenvalue weighted by Gasteiger charge is 2.32. The summed E-state index contributed by atoms with van der Waals surface area (Å²) in [6.45, 7) is 15.5. The number of amides is 4. The molecule has 0 heterocycles. The predicted molar refractivity (Wildman–Crippen MR) is 193 cm³/mol. The minimum atomic E-state index is -1.35. The highest BCUT2D eigenvalue weighted by Crippen LogP contribution is 2.16. The lowest BCUT2D eigenvalue weighted by molar-refractivity contribution is -0.143. The number of carboxylic acids is 2. The smallest absolute Gasteiger partial charge is 0.326 e. The molecule has 0 aliphatic rings. The first-order valence-electron chi connectivity index (χ1n) is 18.7. The van der Waals surface area contributed by atoms with E-state index in [4.69, 9.17) is 0 Å². The molecule has 7 N–H and O–H groups in total. The molecule has 0 saturated heterocycles. The summed E-state index contributed by atoms with van der Waals surface area (Å²) in [7, 11) is 0. The highest BCUT2D eigenvalue weighted by atomic mass is 16.4. The van der Waals surface area contributed by atoms with E-state index in [1.165, 1.54) is 19.3 Å². The van der Waals surface area contributed by atoms with Crippen LogP contribution in [-0.4, -0.2) is 81.2 Å². The van der Waals surface area contributed by atoms with Crippen LogP contribution in [0.4, 0.5) is 0 Å². The molecule has 0 fully saturated rings. The van der Waals surface area contributed by atoms with Crippen molar-refractivity contribution in [1.29, 1.82) is 0 Å². The second-order valence-corrected chi connectivity index (χ2v) is 15.2. The molecule has 6 atom stereocenters. The Morgan fingerprint density at radius 1 is 0.540 bits per heavy atom. The number of nitrogens with one attached hydrogen (secondary N) is 4. The average Bonchev–Trinajstić information content (AvgIpc) is 3.00. The maximum absolute atomic E-state index is 13.5. The van der Waals surface area contributed by atoms with Gasteiger partial charge in [0.05, 0.1) is 12.5 Å². The van der Waals surface area contributed by atoms with Gasteiger partial charge in [0.15, 0.2) is 0 Å². The Morgan fingerprint density at radius 2 is 0.960 bits per heavy atom. The van der Waals surface area contributed by atoms with Crippen molar-refractivity contribution in [3.63, 3.8) is 0 Å². The van der Waals surface area contributed by atoms with Gasteiger partial charge in [-0.25, -0.2) is 4.79 Å². The summed E-state index contributed by atoms with van der Waals surface area (Å²) in [6, 6.07) is -4.71. The molecule has 0 aliphatic heterocycles. The summed E-state index contributed by atoms with van der Waals surface area (Å²) >= 11 is 0. The van der Waals surface area contributed by atoms with Crippen LogP contribution in [0.1, 0.15) is 145 Å². The Bertz CT molecular complexity index is 1050. The molecule has 0 aromatic rings. The van der Waals surface area contributed by atoms with Crippen LogP contribution < -0.4 is 21.3 Å². The van der Waals surface area contributed by atoms with Crippen molar-refractivity contribution in [2.75, 3.05) is 0 Å². The van der Waals surface area contributed by atoms with Crippen molar-refractivity contribution in [2.24, 2.45) is 23.7 Å². The first-order valence-corrected chi connectivity index (χ1v) is 18.7. The van der Waals surface area contributed by atoms with E-state index in [-0.39, 0.29) is 49.9 Å². The maximum atomic E-state index is 13.5. The quantitative estimate of drug-likeness (QED) is 0.0567. The lowest BCUT2D eigenvalue weighted by Crippen LogP contribution is -2.58. The van der Waals surface area contributed by atoms with Crippen LogP contribution in [0.2, 0.25) is 0 Å². The first kappa shape index (κ1) is 46.8. The zero-order valence-electron chi connectivity index (χ0n) is 31.9. The summed E-state index contributed by atoms with van der Waals surface area (Å²) < 4.78 is 0. The van der Waals surface area contributed by atoms with Crippen LogP contribution in [0.5, 0.6) is 0 Å². The first-order chi connectivity index (χ1) is 23.4. The molecule has 0 saturated carbocycles. The molecule has 0 aliphatic carbocycles. The minimum absolute atomic E-state index is 0.0215. The van der Waals surface area contributed by atoms with Crippen molar-refractivity contribution in [2.45, 2.75) is 176 Å². The molecule has 4 amide bonds. The molecular formula is C37H68N4O9. The van der Waals surface area contributed by atoms with Gasteiger partial charge in [-0.05, 0) is 55.8 Å². The molecule has 0 aromatic heterocycles. The number of carboxylic acid groups (broad SMARTS) is 2. The van der Waals surface area contributed by atoms with Gasteiger partial charge in [-0.1, -0.05) is 100 Å². The third kappa shape index (κ3) is 22.5. The topological polar surface area (TPSA) is 211 Å². The second kappa shape index (κ2) is 25.7. The van der Waals surface area contributed by atoms with Crippen LogP contribution in [-0.2, 0) is 28.8 Å². The van der Waals surface area contributed by atoms with Crippen molar-refractivity contribution < 1.29 is 44.1 Å². The van der Waals surface area contributed by atoms with E-state index in [1.807, 2.05) is 41.5 Å². The summed E-state index contributed by atoms with van der Waals surface area (Å²) in [5.41, 5.74) is 0. The van der Waals surface area contributed by atoms with Gasteiger partial charge >= 0.3 is 11.9 Å². The summed E-state index contributed by atoms with van der Waals surface area (Å²) in [5, 5.41) is 39.7. The standard InChI is InChI=1S/C37H68N4O9/c1-9-26(8)15-13-11-10-12-14-16-27(42)22-32(43)38-29(19-23(2)3)35(47)39-28(17-18-33(44)45)34(46)40-30(20-24(4)5)36(48)41-31(37(49)50)21-25(6)7/h23-31,42H,9-22H2,1-8H3,(H,38,43)(H,39,47)(H,40,46)(H,41,48)(H,44,45)(H,49,50). The zero-order chi connectivity index (χ0) is 38.4. The molecule has 50 heavy (non-hydrogen) atoms. The van der Waals surface area contributed by atoms with Gasteiger partial charge in [-0.3, -0.25) is 24.0 Å². The van der Waals surface area contributed by atoms with Crippen LogP contribution in [0.15, 0.2) is 0 Å². The monoisotopic (exact) mass is 712 g/mol. The maximum Gasteiger partial charge on any atom is 0.326 e. The van der Waals surface area contributed by atoms with Crippen molar-refractivity contribution >= 4 is 35.6 Å². The Hall–Kier alpha value is -3.22. The lowest BCUT2D eigenvalue weighted by atomic mass is 9.99. The fourth-order valence-corrected chi connectivity index (χ4v) is 5.63. The molecule has 0 aromatic carbocycles. The van der Waals surface area contributed by atoms with Crippen molar-refractivity contribution in [3.8, 4) is 0 Å². The number of aliphatic carboxylic acids is 2. The molecule has 290 valence electrons. The van der Waals surface area contributed by atoms with Gasteiger partial charge in [0.2, 0.25) is 23.6 Å². The Labute approximate surface area is 299 Å². The SMILES string of the molecule is CCC(C)CCCCCCCC(O)CC(=O)NC(CC(C)C)C(=O)NC(CCC(=O)O)C(=O)NC(CC(C)C)C(=O)NC(CC(C)C)C(=O)O. The second-order valence-electron chi connectivity index (χ2n) is 15.2. The average molecular weight is 713 g/mol. The molecule has 0 bridgehead atoms. The molecule has 0 spiro atoms.